The molecule has 0 radical (unpaired) electrons. The third kappa shape index (κ3) is 5.05. The lowest BCUT2D eigenvalue weighted by Gasteiger charge is -2.09. The third-order valence-corrected chi connectivity index (χ3v) is 10.7. The van der Waals surface area contributed by atoms with E-state index in [0.29, 0.717) is 0 Å². The standard InChI is InChI=1S/C50H30N2O/c1-3-7-43-31(5-1)9-11-35-23-33(17-19-45(35)43)41-25-37-13-15-39(27-47(37)51-29-41)49-21-22-50(53-49)40-16-14-38-26-42(30-52-48(38)28-40)34-18-20-46-36(24-34)12-10-32-6-2-4-8-44(32)46/h1-30H. The first-order valence-corrected chi connectivity index (χ1v) is 17.9. The van der Waals surface area contributed by atoms with Crippen molar-refractivity contribution in [3.8, 4) is 44.9 Å². The minimum atomic E-state index is 0.807. The SMILES string of the molecule is c1ccc2c(c1)ccc1cc(-c3cnc4cc(-c5ccc(-c6ccc7cc(-c8ccc9c(ccc%10ccccc%109)c8)cnc7c6)o5)ccc4c3)ccc12. The minimum Gasteiger partial charge on any atom is -0.456 e. The number of fused-ring (bicyclic) bond motifs is 8. The molecule has 53 heavy (non-hydrogen) atoms. The summed E-state index contributed by atoms with van der Waals surface area (Å²) in [5.74, 6) is 1.61. The fourth-order valence-electron chi connectivity index (χ4n) is 7.90. The van der Waals surface area contributed by atoms with Crippen LogP contribution in [0.2, 0.25) is 0 Å². The van der Waals surface area contributed by atoms with E-state index in [9.17, 15) is 0 Å². The first-order valence-electron chi connectivity index (χ1n) is 17.9. The number of aromatic nitrogens is 2. The van der Waals surface area contributed by atoms with Gasteiger partial charge in [0.05, 0.1) is 11.0 Å². The van der Waals surface area contributed by atoms with E-state index in [-0.39, 0.29) is 0 Å². The maximum atomic E-state index is 6.43. The number of furan rings is 1. The van der Waals surface area contributed by atoms with Gasteiger partial charge < -0.3 is 4.42 Å². The number of hydrogen-bond donors (Lipinski definition) is 0. The summed E-state index contributed by atoms with van der Waals surface area (Å²) in [5, 5.41) is 12.2. The maximum Gasteiger partial charge on any atom is 0.134 e. The molecular formula is C50H30N2O. The van der Waals surface area contributed by atoms with Crippen LogP contribution in [-0.2, 0) is 0 Å². The third-order valence-electron chi connectivity index (χ3n) is 10.7. The van der Waals surface area contributed by atoms with Crippen molar-refractivity contribution in [3.05, 3.63) is 182 Å². The molecule has 3 aromatic heterocycles. The van der Waals surface area contributed by atoms with Crippen LogP contribution < -0.4 is 0 Å². The summed E-state index contributed by atoms with van der Waals surface area (Å²) in [5.41, 5.74) is 8.37. The zero-order chi connectivity index (χ0) is 34.9. The van der Waals surface area contributed by atoms with E-state index in [1.165, 1.54) is 43.1 Å². The van der Waals surface area contributed by atoms with E-state index in [0.717, 1.165) is 66.7 Å². The molecule has 0 bridgehead atoms. The van der Waals surface area contributed by atoms with Crippen molar-refractivity contribution in [2.45, 2.75) is 0 Å². The van der Waals surface area contributed by atoms with Gasteiger partial charge in [0.2, 0.25) is 0 Å². The molecule has 11 aromatic rings. The molecular weight excluding hydrogens is 645 g/mol. The van der Waals surface area contributed by atoms with Crippen molar-refractivity contribution in [2.75, 3.05) is 0 Å². The molecule has 0 spiro atoms. The lowest BCUT2D eigenvalue weighted by molar-refractivity contribution is 0.597. The van der Waals surface area contributed by atoms with E-state index in [1.807, 2.05) is 24.5 Å². The summed E-state index contributed by atoms with van der Waals surface area (Å²) in [6.07, 6.45) is 3.94. The number of pyridine rings is 2. The number of rotatable bonds is 4. The normalized spacial score (nSPS) is 11.8. The van der Waals surface area contributed by atoms with Crippen LogP contribution in [0, 0.1) is 0 Å². The van der Waals surface area contributed by atoms with Gasteiger partial charge >= 0.3 is 0 Å². The fourth-order valence-corrected chi connectivity index (χ4v) is 7.90. The highest BCUT2D eigenvalue weighted by molar-refractivity contribution is 6.09. The molecule has 3 heterocycles. The van der Waals surface area contributed by atoms with Gasteiger partial charge in [-0.25, -0.2) is 0 Å². The summed E-state index contributed by atoms with van der Waals surface area (Å²) in [4.78, 5) is 9.76. The second-order valence-electron chi connectivity index (χ2n) is 13.9. The topological polar surface area (TPSA) is 38.9 Å². The van der Waals surface area contributed by atoms with Crippen molar-refractivity contribution in [1.29, 1.82) is 0 Å². The van der Waals surface area contributed by atoms with Gasteiger partial charge in [-0.2, -0.15) is 0 Å². The van der Waals surface area contributed by atoms with Crippen LogP contribution in [0.25, 0.3) is 110 Å². The Hall–Kier alpha value is -7.10. The highest BCUT2D eigenvalue weighted by atomic mass is 16.3. The van der Waals surface area contributed by atoms with Gasteiger partial charge in [-0.1, -0.05) is 121 Å². The largest absolute Gasteiger partial charge is 0.456 e. The van der Waals surface area contributed by atoms with Crippen LogP contribution in [0.1, 0.15) is 0 Å². The molecule has 8 aromatic carbocycles. The Morgan fingerprint density at radius 3 is 1.19 bits per heavy atom. The van der Waals surface area contributed by atoms with Gasteiger partial charge in [-0.3, -0.25) is 9.97 Å². The summed E-state index contributed by atoms with van der Waals surface area (Å²) < 4.78 is 6.43. The zero-order valence-electron chi connectivity index (χ0n) is 28.6. The monoisotopic (exact) mass is 674 g/mol. The average molecular weight is 675 g/mol. The van der Waals surface area contributed by atoms with Crippen LogP contribution in [0.4, 0.5) is 0 Å². The maximum absolute atomic E-state index is 6.43. The predicted octanol–water partition coefficient (Wildman–Crippen LogP) is 13.7. The zero-order valence-corrected chi connectivity index (χ0v) is 28.6. The van der Waals surface area contributed by atoms with Crippen molar-refractivity contribution in [3.63, 3.8) is 0 Å². The summed E-state index contributed by atoms with van der Waals surface area (Å²) in [6, 6.07) is 60.5. The molecule has 0 saturated heterocycles. The number of benzene rings is 8. The van der Waals surface area contributed by atoms with E-state index >= 15 is 0 Å². The second kappa shape index (κ2) is 11.7. The molecule has 0 N–H and O–H groups in total. The highest BCUT2D eigenvalue weighted by Crippen LogP contribution is 2.35. The average Bonchev–Trinajstić information content (AvgIpc) is 3.73. The Morgan fingerprint density at radius 2 is 0.679 bits per heavy atom. The summed E-state index contributed by atoms with van der Waals surface area (Å²) >= 11 is 0. The summed E-state index contributed by atoms with van der Waals surface area (Å²) in [7, 11) is 0. The van der Waals surface area contributed by atoms with Crippen LogP contribution in [0.5, 0.6) is 0 Å². The van der Waals surface area contributed by atoms with E-state index in [1.54, 1.807) is 0 Å². The molecule has 0 aliphatic carbocycles. The molecule has 0 unspecified atom stereocenters. The first-order chi connectivity index (χ1) is 26.2. The van der Waals surface area contributed by atoms with Crippen molar-refractivity contribution >= 4 is 64.9 Å². The molecule has 0 atom stereocenters. The molecule has 246 valence electrons. The van der Waals surface area contributed by atoms with Crippen molar-refractivity contribution in [1.82, 2.24) is 9.97 Å². The van der Waals surface area contributed by atoms with Gasteiger partial charge in [0, 0.05) is 45.4 Å². The van der Waals surface area contributed by atoms with E-state index in [2.05, 4.69) is 158 Å². The quantitative estimate of drug-likeness (QED) is 0.174. The van der Waals surface area contributed by atoms with Gasteiger partial charge in [-0.15, -0.1) is 0 Å². The molecule has 0 aliphatic heterocycles. The Balaban J connectivity index is 0.860. The smallest absolute Gasteiger partial charge is 0.134 e. The van der Waals surface area contributed by atoms with Gasteiger partial charge in [-0.05, 0) is 103 Å². The van der Waals surface area contributed by atoms with Crippen LogP contribution in [-0.4, -0.2) is 9.97 Å². The molecule has 3 nitrogen and oxygen atoms in total. The highest BCUT2D eigenvalue weighted by Gasteiger charge is 2.12. The van der Waals surface area contributed by atoms with Gasteiger partial charge in [0.25, 0.3) is 0 Å². The number of hydrogen-bond acceptors (Lipinski definition) is 3. The van der Waals surface area contributed by atoms with E-state index < -0.39 is 0 Å². The predicted molar refractivity (Wildman–Crippen MR) is 221 cm³/mol. The molecule has 11 rings (SSSR count). The summed E-state index contributed by atoms with van der Waals surface area (Å²) in [6.45, 7) is 0. The Morgan fingerprint density at radius 1 is 0.283 bits per heavy atom. The Kier molecular flexibility index (Phi) is 6.55. The van der Waals surface area contributed by atoms with Crippen LogP contribution >= 0.6 is 0 Å². The molecule has 0 fully saturated rings. The lowest BCUT2D eigenvalue weighted by Crippen LogP contribution is -1.86. The van der Waals surface area contributed by atoms with Crippen LogP contribution in [0.15, 0.2) is 187 Å². The second-order valence-corrected chi connectivity index (χ2v) is 13.9. The van der Waals surface area contributed by atoms with Crippen LogP contribution in [0.3, 0.4) is 0 Å². The van der Waals surface area contributed by atoms with Crippen molar-refractivity contribution in [2.24, 2.45) is 0 Å². The molecule has 3 heteroatoms. The fraction of sp³-hybridized carbons (Fsp3) is 0. The Labute approximate surface area is 305 Å². The van der Waals surface area contributed by atoms with Crippen molar-refractivity contribution < 1.29 is 4.42 Å². The lowest BCUT2D eigenvalue weighted by atomic mass is 9.97. The minimum absolute atomic E-state index is 0.807. The molecule has 0 saturated carbocycles. The Bertz CT molecular complexity index is 3030. The van der Waals surface area contributed by atoms with E-state index in [4.69, 9.17) is 14.4 Å². The first kappa shape index (κ1) is 29.6. The molecule has 0 amide bonds. The number of nitrogens with zero attached hydrogens (tertiary/aromatic N) is 2. The van der Waals surface area contributed by atoms with Gasteiger partial charge in [0.15, 0.2) is 0 Å². The molecule has 0 aliphatic rings. The van der Waals surface area contributed by atoms with Gasteiger partial charge in [0.1, 0.15) is 11.5 Å².